The molecule has 54 heavy (non-hydrogen) atoms. The second kappa shape index (κ2) is 31.9. The molecule has 0 saturated heterocycles. The monoisotopic (exact) mass is 764 g/mol. The summed E-state index contributed by atoms with van der Waals surface area (Å²) in [6, 6.07) is 0. The van der Waals surface area contributed by atoms with Crippen molar-refractivity contribution in [3.8, 4) is 0 Å². The Labute approximate surface area is 334 Å². The number of ether oxygens (including phenoxy) is 3. The van der Waals surface area contributed by atoms with Crippen molar-refractivity contribution in [3.63, 3.8) is 0 Å². The highest BCUT2D eigenvalue weighted by Crippen LogP contribution is 2.50. The molecule has 3 rings (SSSR count). The Kier molecular flexibility index (Phi) is 28.9. The van der Waals surface area contributed by atoms with Crippen LogP contribution < -0.4 is 0 Å². The molecule has 3 saturated carbocycles. The summed E-state index contributed by atoms with van der Waals surface area (Å²) in [6.07, 6.45) is 36.4. The molecule has 1 N–H and O–H groups in total. The van der Waals surface area contributed by atoms with Gasteiger partial charge in [-0.1, -0.05) is 117 Å². The molecular weight excluding hydrogens is 675 g/mol. The van der Waals surface area contributed by atoms with Crippen molar-refractivity contribution in [1.29, 1.82) is 0 Å². The van der Waals surface area contributed by atoms with Crippen LogP contribution in [0.25, 0.3) is 0 Å². The molecule has 0 radical (unpaired) electrons. The van der Waals surface area contributed by atoms with Gasteiger partial charge in [-0.2, -0.15) is 0 Å². The molecule has 0 heterocycles. The number of hydrogen-bond donors (Lipinski definition) is 1. The van der Waals surface area contributed by atoms with Crippen LogP contribution in [-0.2, 0) is 23.8 Å². The zero-order chi connectivity index (χ0) is 39.1. The van der Waals surface area contributed by atoms with Crippen LogP contribution in [0.2, 0.25) is 0 Å². The fraction of sp³-hybridized carbons (Fsp3) is 0.957. The lowest BCUT2D eigenvalue weighted by Crippen LogP contribution is -2.38. The van der Waals surface area contributed by atoms with Gasteiger partial charge in [0.1, 0.15) is 6.10 Å². The third-order valence-corrected chi connectivity index (χ3v) is 12.7. The van der Waals surface area contributed by atoms with Crippen molar-refractivity contribution in [1.82, 2.24) is 4.90 Å². The largest absolute Gasteiger partial charge is 0.466 e. The number of esters is 2. The molecule has 0 spiro atoms. The van der Waals surface area contributed by atoms with Crippen molar-refractivity contribution in [2.24, 2.45) is 17.3 Å². The molecule has 0 aromatic carbocycles. The van der Waals surface area contributed by atoms with Gasteiger partial charge < -0.3 is 24.2 Å². The Bertz CT molecular complexity index is 877. The molecule has 0 aliphatic heterocycles. The summed E-state index contributed by atoms with van der Waals surface area (Å²) < 4.78 is 17.6. The molecule has 318 valence electrons. The first-order valence-corrected chi connectivity index (χ1v) is 23.5. The van der Waals surface area contributed by atoms with Gasteiger partial charge in [0.25, 0.3) is 0 Å². The molecular formula is C47H89NO6. The summed E-state index contributed by atoms with van der Waals surface area (Å²) in [4.78, 5) is 27.2. The minimum atomic E-state index is -0.623. The highest BCUT2D eigenvalue weighted by Gasteiger charge is 2.40. The topological polar surface area (TPSA) is 85.3 Å². The Morgan fingerprint density at radius 3 is 1.70 bits per heavy atom. The standard InChI is InChI=1S/C47H89NO6/c1-5-7-9-17-24-41(25-18-10-8-6-2)34-39-52-44(49)28-21-15-11-13-19-26-43(54-46(51)30-23-38-48(3)4)27-20-14-12-16-22-29-45(50)53-40-47-35-31-42(32-36-47)33-37-47/h41-43,45,50H,5-40H2,1-4H3. The summed E-state index contributed by atoms with van der Waals surface area (Å²) >= 11 is 0. The van der Waals surface area contributed by atoms with E-state index in [-0.39, 0.29) is 18.0 Å². The Morgan fingerprint density at radius 2 is 1.13 bits per heavy atom. The fourth-order valence-corrected chi connectivity index (χ4v) is 8.92. The van der Waals surface area contributed by atoms with Gasteiger partial charge in [0.05, 0.1) is 13.2 Å². The average Bonchev–Trinajstić information content (AvgIpc) is 3.16. The van der Waals surface area contributed by atoms with E-state index in [1.807, 2.05) is 14.1 Å². The summed E-state index contributed by atoms with van der Waals surface area (Å²) in [6.45, 7) is 6.75. The molecule has 3 aliphatic rings. The summed E-state index contributed by atoms with van der Waals surface area (Å²) in [5.74, 6) is 1.56. The number of aliphatic hydroxyl groups excluding tert-OH is 1. The lowest BCUT2D eigenvalue weighted by Gasteiger charge is -2.46. The van der Waals surface area contributed by atoms with Gasteiger partial charge in [-0.05, 0) is 134 Å². The fourth-order valence-electron chi connectivity index (χ4n) is 8.92. The number of carbonyl (C=O) groups excluding carboxylic acids is 2. The summed E-state index contributed by atoms with van der Waals surface area (Å²) in [5, 5.41) is 10.5. The molecule has 7 heteroatoms. The van der Waals surface area contributed by atoms with Crippen LogP contribution >= 0.6 is 0 Å². The maximum absolute atomic E-state index is 12.6. The van der Waals surface area contributed by atoms with Crippen LogP contribution in [0.1, 0.15) is 226 Å². The van der Waals surface area contributed by atoms with E-state index >= 15 is 0 Å². The highest BCUT2D eigenvalue weighted by atomic mass is 16.6. The van der Waals surface area contributed by atoms with Crippen LogP contribution in [0.4, 0.5) is 0 Å². The first-order chi connectivity index (χ1) is 26.2. The Morgan fingerprint density at radius 1 is 0.630 bits per heavy atom. The molecule has 0 aromatic rings. The van der Waals surface area contributed by atoms with Gasteiger partial charge in [-0.3, -0.25) is 9.59 Å². The first kappa shape index (κ1) is 49.0. The van der Waals surface area contributed by atoms with E-state index in [9.17, 15) is 14.7 Å². The van der Waals surface area contributed by atoms with Crippen molar-refractivity contribution in [3.05, 3.63) is 0 Å². The van der Waals surface area contributed by atoms with Crippen molar-refractivity contribution in [2.45, 2.75) is 238 Å². The van der Waals surface area contributed by atoms with Crippen LogP contribution in [0, 0.1) is 17.3 Å². The first-order valence-electron chi connectivity index (χ1n) is 23.5. The highest BCUT2D eigenvalue weighted by molar-refractivity contribution is 5.69. The van der Waals surface area contributed by atoms with E-state index in [4.69, 9.17) is 14.2 Å². The molecule has 7 nitrogen and oxygen atoms in total. The van der Waals surface area contributed by atoms with Gasteiger partial charge in [-0.25, -0.2) is 0 Å². The number of fused-ring (bicyclic) bond motifs is 3. The van der Waals surface area contributed by atoms with Gasteiger partial charge in [0.15, 0.2) is 6.29 Å². The lowest BCUT2D eigenvalue weighted by molar-refractivity contribution is -0.150. The molecule has 2 atom stereocenters. The zero-order valence-electron chi connectivity index (χ0n) is 36.2. The average molecular weight is 764 g/mol. The van der Waals surface area contributed by atoms with E-state index < -0.39 is 6.29 Å². The maximum atomic E-state index is 12.6. The lowest BCUT2D eigenvalue weighted by atomic mass is 9.61. The van der Waals surface area contributed by atoms with Gasteiger partial charge in [0.2, 0.25) is 0 Å². The molecule has 0 aromatic heterocycles. The van der Waals surface area contributed by atoms with Gasteiger partial charge in [-0.15, -0.1) is 0 Å². The number of nitrogens with zero attached hydrogens (tertiary/aromatic N) is 1. The number of aliphatic hydroxyl groups is 1. The third kappa shape index (κ3) is 25.1. The number of unbranched alkanes of at least 4 members (excludes halogenated alkanes) is 14. The zero-order valence-corrected chi connectivity index (χ0v) is 36.2. The van der Waals surface area contributed by atoms with Crippen molar-refractivity contribution >= 4 is 11.9 Å². The second-order valence-electron chi connectivity index (χ2n) is 18.0. The maximum Gasteiger partial charge on any atom is 0.306 e. The summed E-state index contributed by atoms with van der Waals surface area (Å²) in [7, 11) is 4.07. The van der Waals surface area contributed by atoms with Crippen LogP contribution in [0.5, 0.6) is 0 Å². The minimum absolute atomic E-state index is 0.00148. The summed E-state index contributed by atoms with van der Waals surface area (Å²) in [5.41, 5.74) is 0.349. The van der Waals surface area contributed by atoms with E-state index in [1.54, 1.807) is 0 Å². The smallest absolute Gasteiger partial charge is 0.306 e. The van der Waals surface area contributed by atoms with Crippen molar-refractivity contribution in [2.75, 3.05) is 33.9 Å². The number of rotatable bonds is 37. The normalized spacial score (nSPS) is 19.4. The van der Waals surface area contributed by atoms with E-state index in [2.05, 4.69) is 18.7 Å². The van der Waals surface area contributed by atoms with Crippen LogP contribution in [-0.4, -0.2) is 68.2 Å². The van der Waals surface area contributed by atoms with E-state index in [1.165, 1.54) is 103 Å². The molecule has 3 fully saturated rings. The molecule has 2 bridgehead atoms. The second-order valence-corrected chi connectivity index (χ2v) is 18.0. The Hall–Kier alpha value is -1.18. The quantitative estimate of drug-likeness (QED) is 0.0383. The molecule has 3 aliphatic carbocycles. The predicted molar refractivity (Wildman–Crippen MR) is 224 cm³/mol. The van der Waals surface area contributed by atoms with Crippen LogP contribution in [0.3, 0.4) is 0 Å². The van der Waals surface area contributed by atoms with Gasteiger partial charge >= 0.3 is 11.9 Å². The number of hydrogen-bond acceptors (Lipinski definition) is 7. The molecule has 2 unspecified atom stereocenters. The van der Waals surface area contributed by atoms with Crippen molar-refractivity contribution < 1.29 is 28.9 Å². The SMILES string of the molecule is CCCCCCC(CCCCCC)CCOC(=O)CCCCCCCC(CCCCCCCC(O)OCC12CCC(CC1)CC2)OC(=O)CCCN(C)C. The van der Waals surface area contributed by atoms with Gasteiger partial charge in [0, 0.05) is 12.8 Å². The number of carbonyl (C=O) groups is 2. The van der Waals surface area contributed by atoms with Crippen LogP contribution in [0.15, 0.2) is 0 Å². The predicted octanol–water partition coefficient (Wildman–Crippen LogP) is 12.5. The van der Waals surface area contributed by atoms with E-state index in [0.717, 1.165) is 115 Å². The minimum Gasteiger partial charge on any atom is -0.466 e. The Balaban J connectivity index is 1.56. The third-order valence-electron chi connectivity index (χ3n) is 12.7. The van der Waals surface area contributed by atoms with E-state index in [0.29, 0.717) is 30.8 Å². The molecule has 0 amide bonds.